The number of nitrogens with zero attached hydrogens (tertiary/aromatic N) is 2. The summed E-state index contributed by atoms with van der Waals surface area (Å²) in [6.45, 7) is 2.86. The van der Waals surface area contributed by atoms with Gasteiger partial charge in [0.1, 0.15) is 5.82 Å². The number of nitrogen functional groups attached to an aromatic ring is 1. The van der Waals surface area contributed by atoms with E-state index in [1.807, 2.05) is 37.3 Å². The van der Waals surface area contributed by atoms with Crippen molar-refractivity contribution in [3.8, 4) is 0 Å². The molecule has 0 radical (unpaired) electrons. The predicted molar refractivity (Wildman–Crippen MR) is 85.2 cm³/mol. The van der Waals surface area contributed by atoms with Gasteiger partial charge in [0.05, 0.1) is 16.2 Å². The lowest BCUT2D eigenvalue weighted by atomic mass is 10.2. The van der Waals surface area contributed by atoms with Crippen LogP contribution in [0.1, 0.15) is 10.7 Å². The summed E-state index contributed by atoms with van der Waals surface area (Å²) in [6, 6.07) is 9.77. The van der Waals surface area contributed by atoms with Crippen LogP contribution in [0.2, 0.25) is 0 Å². The number of benzene rings is 1. The van der Waals surface area contributed by atoms with Crippen molar-refractivity contribution in [1.82, 2.24) is 9.97 Å². The van der Waals surface area contributed by atoms with Gasteiger partial charge in [-0.3, -0.25) is 0 Å². The van der Waals surface area contributed by atoms with Gasteiger partial charge >= 0.3 is 0 Å². The Bertz CT molecular complexity index is 736. The van der Waals surface area contributed by atoms with Crippen molar-refractivity contribution >= 4 is 33.7 Å². The van der Waals surface area contributed by atoms with E-state index in [4.69, 9.17) is 5.73 Å². The van der Waals surface area contributed by atoms with Crippen molar-refractivity contribution in [2.24, 2.45) is 0 Å². The van der Waals surface area contributed by atoms with E-state index in [1.165, 1.54) is 0 Å². The predicted octanol–water partition coefficient (Wildman–Crippen LogP) is 3.24. The van der Waals surface area contributed by atoms with E-state index in [0.717, 1.165) is 46.1 Å². The molecule has 3 N–H and O–H groups in total. The molecule has 0 amide bonds. The minimum absolute atomic E-state index is 0.763. The number of hydrogen-bond acceptors (Lipinski definition) is 5. The van der Waals surface area contributed by atoms with Crippen LogP contribution in [0.25, 0.3) is 10.9 Å². The zero-order valence-corrected chi connectivity index (χ0v) is 12.1. The molecule has 2 heterocycles. The smallest absolute Gasteiger partial charge is 0.126 e. The van der Waals surface area contributed by atoms with Gasteiger partial charge in [0.2, 0.25) is 0 Å². The van der Waals surface area contributed by atoms with Crippen LogP contribution in [0.15, 0.2) is 35.7 Å². The van der Waals surface area contributed by atoms with Crippen molar-refractivity contribution in [1.29, 1.82) is 0 Å². The van der Waals surface area contributed by atoms with E-state index in [1.54, 1.807) is 11.3 Å². The molecule has 0 aliphatic carbocycles. The van der Waals surface area contributed by atoms with Crippen LogP contribution in [0.5, 0.6) is 0 Å². The Morgan fingerprint density at radius 2 is 2.10 bits per heavy atom. The third kappa shape index (κ3) is 2.88. The molecule has 0 bridgehead atoms. The van der Waals surface area contributed by atoms with Crippen LogP contribution in [0.4, 0.5) is 11.5 Å². The Hall–Kier alpha value is -2.14. The highest BCUT2D eigenvalue weighted by Crippen LogP contribution is 2.18. The Kier molecular flexibility index (Phi) is 3.52. The molecule has 0 aliphatic rings. The normalized spacial score (nSPS) is 10.8. The van der Waals surface area contributed by atoms with E-state index >= 15 is 0 Å². The molecule has 2 aromatic heterocycles. The largest absolute Gasteiger partial charge is 0.399 e. The fourth-order valence-electron chi connectivity index (χ4n) is 2.08. The van der Waals surface area contributed by atoms with Gasteiger partial charge in [-0.15, -0.1) is 11.3 Å². The molecule has 102 valence electrons. The summed E-state index contributed by atoms with van der Waals surface area (Å²) in [5, 5.41) is 7.61. The first kappa shape index (κ1) is 12.9. The minimum Gasteiger partial charge on any atom is -0.399 e. The molecule has 5 heteroatoms. The van der Waals surface area contributed by atoms with Crippen molar-refractivity contribution in [3.05, 3.63) is 46.4 Å². The SMILES string of the molecule is Cc1nc(CCNc2ccc3cc(N)ccc3n2)cs1. The Labute approximate surface area is 121 Å². The lowest BCUT2D eigenvalue weighted by Crippen LogP contribution is -2.06. The van der Waals surface area contributed by atoms with Crippen LogP contribution in [0, 0.1) is 6.92 Å². The molecule has 0 atom stereocenters. The summed E-state index contributed by atoms with van der Waals surface area (Å²) in [5.41, 5.74) is 8.61. The standard InChI is InChI=1S/C15H16N4S/c1-10-18-13(9-20-10)6-7-17-15-5-2-11-8-12(16)3-4-14(11)19-15/h2-5,8-9H,6-7,16H2,1H3,(H,17,19). The van der Waals surface area contributed by atoms with Crippen LogP contribution in [0.3, 0.4) is 0 Å². The number of thiazole rings is 1. The summed E-state index contributed by atoms with van der Waals surface area (Å²) >= 11 is 1.69. The molecule has 0 saturated heterocycles. The lowest BCUT2D eigenvalue weighted by molar-refractivity contribution is 0.962. The Morgan fingerprint density at radius 3 is 2.90 bits per heavy atom. The summed E-state index contributed by atoms with van der Waals surface area (Å²) in [7, 11) is 0. The number of nitrogens with one attached hydrogen (secondary N) is 1. The zero-order chi connectivity index (χ0) is 13.9. The van der Waals surface area contributed by atoms with Gasteiger partial charge in [0.25, 0.3) is 0 Å². The van der Waals surface area contributed by atoms with Gasteiger partial charge in [-0.1, -0.05) is 0 Å². The van der Waals surface area contributed by atoms with Gasteiger partial charge in [-0.2, -0.15) is 0 Å². The number of pyridine rings is 1. The van der Waals surface area contributed by atoms with Gasteiger partial charge in [0.15, 0.2) is 0 Å². The van der Waals surface area contributed by atoms with Crippen molar-refractivity contribution < 1.29 is 0 Å². The molecule has 20 heavy (non-hydrogen) atoms. The number of rotatable bonds is 4. The second-order valence-electron chi connectivity index (χ2n) is 4.68. The fourth-order valence-corrected chi connectivity index (χ4v) is 2.73. The molecular formula is C15H16N4S. The lowest BCUT2D eigenvalue weighted by Gasteiger charge is -2.06. The zero-order valence-electron chi connectivity index (χ0n) is 11.3. The molecule has 0 unspecified atom stereocenters. The fraction of sp³-hybridized carbons (Fsp3) is 0.200. The maximum atomic E-state index is 5.76. The first-order valence-electron chi connectivity index (χ1n) is 6.52. The Balaban J connectivity index is 1.67. The van der Waals surface area contributed by atoms with Crippen LogP contribution in [-0.4, -0.2) is 16.5 Å². The van der Waals surface area contributed by atoms with Gasteiger partial charge in [-0.25, -0.2) is 9.97 Å². The molecule has 3 aromatic rings. The van der Waals surface area contributed by atoms with Crippen LogP contribution in [-0.2, 0) is 6.42 Å². The molecule has 0 saturated carbocycles. The summed E-state index contributed by atoms with van der Waals surface area (Å²) in [4.78, 5) is 9.01. The molecule has 0 spiro atoms. The topological polar surface area (TPSA) is 63.8 Å². The molecule has 1 aromatic carbocycles. The summed E-state index contributed by atoms with van der Waals surface area (Å²) in [6.07, 6.45) is 0.909. The number of fused-ring (bicyclic) bond motifs is 1. The number of aromatic nitrogens is 2. The van der Waals surface area contributed by atoms with Crippen molar-refractivity contribution in [3.63, 3.8) is 0 Å². The highest BCUT2D eigenvalue weighted by atomic mass is 32.1. The second kappa shape index (κ2) is 5.46. The first-order valence-corrected chi connectivity index (χ1v) is 7.40. The summed E-state index contributed by atoms with van der Waals surface area (Å²) in [5.74, 6) is 0.884. The average molecular weight is 284 g/mol. The molecule has 4 nitrogen and oxygen atoms in total. The summed E-state index contributed by atoms with van der Waals surface area (Å²) < 4.78 is 0. The highest BCUT2D eigenvalue weighted by Gasteiger charge is 2.01. The number of hydrogen-bond donors (Lipinski definition) is 2. The van der Waals surface area contributed by atoms with E-state index in [-0.39, 0.29) is 0 Å². The second-order valence-corrected chi connectivity index (χ2v) is 5.75. The molecule has 0 aliphatic heterocycles. The van der Waals surface area contributed by atoms with E-state index < -0.39 is 0 Å². The third-order valence-corrected chi connectivity index (χ3v) is 3.89. The van der Waals surface area contributed by atoms with Crippen LogP contribution >= 0.6 is 11.3 Å². The first-order chi connectivity index (χ1) is 9.70. The molecule has 0 fully saturated rings. The maximum Gasteiger partial charge on any atom is 0.126 e. The monoisotopic (exact) mass is 284 g/mol. The van der Waals surface area contributed by atoms with E-state index in [9.17, 15) is 0 Å². The number of nitrogens with two attached hydrogens (primary N) is 1. The van der Waals surface area contributed by atoms with Gasteiger partial charge < -0.3 is 11.1 Å². The van der Waals surface area contributed by atoms with E-state index in [0.29, 0.717) is 0 Å². The Morgan fingerprint density at radius 1 is 1.20 bits per heavy atom. The highest BCUT2D eigenvalue weighted by molar-refractivity contribution is 7.09. The molecule has 3 rings (SSSR count). The van der Waals surface area contributed by atoms with Gasteiger partial charge in [-0.05, 0) is 37.3 Å². The molecular weight excluding hydrogens is 268 g/mol. The van der Waals surface area contributed by atoms with E-state index in [2.05, 4.69) is 20.7 Å². The van der Waals surface area contributed by atoms with Crippen molar-refractivity contribution in [2.45, 2.75) is 13.3 Å². The van der Waals surface area contributed by atoms with Crippen LogP contribution < -0.4 is 11.1 Å². The van der Waals surface area contributed by atoms with Gasteiger partial charge in [0, 0.05) is 29.4 Å². The minimum atomic E-state index is 0.763. The maximum absolute atomic E-state index is 5.76. The average Bonchev–Trinajstić information content (AvgIpc) is 2.85. The van der Waals surface area contributed by atoms with Crippen molar-refractivity contribution in [2.75, 3.05) is 17.6 Å². The number of anilines is 2. The quantitative estimate of drug-likeness (QED) is 0.722. The number of aryl methyl sites for hydroxylation is 1. The third-order valence-electron chi connectivity index (χ3n) is 3.07.